The number of hydrogen-bond acceptors (Lipinski definition) is 4. The highest BCUT2D eigenvalue weighted by atomic mass is 16.5. The molecular weight excluding hydrogens is 316 g/mol. The molecule has 136 valence electrons. The second kappa shape index (κ2) is 6.83. The summed E-state index contributed by atoms with van der Waals surface area (Å²) in [7, 11) is 1.65. The van der Waals surface area contributed by atoms with E-state index in [9.17, 15) is 9.90 Å². The molecule has 25 heavy (non-hydrogen) atoms. The number of esters is 1. The Balaban J connectivity index is 1.91. The Labute approximate surface area is 149 Å². The zero-order valence-electron chi connectivity index (χ0n) is 15.3. The SMILES string of the molecule is C=C[C@@H]1[C@@H](c2ccc(OC)cc2)[C@@H](O)C[C@]2(C)[C@@H](OC(C)=O)CC[C@@H]12. The van der Waals surface area contributed by atoms with Crippen molar-refractivity contribution in [1.29, 1.82) is 0 Å². The first kappa shape index (κ1) is 18.0. The molecule has 0 amide bonds. The number of aliphatic hydroxyl groups is 1. The molecule has 0 radical (unpaired) electrons. The van der Waals surface area contributed by atoms with Crippen LogP contribution in [0.3, 0.4) is 0 Å². The fourth-order valence-corrected chi connectivity index (χ4v) is 5.20. The van der Waals surface area contributed by atoms with E-state index in [1.165, 1.54) is 6.92 Å². The van der Waals surface area contributed by atoms with Crippen LogP contribution in [0.4, 0.5) is 0 Å². The van der Waals surface area contributed by atoms with Gasteiger partial charge in [0.1, 0.15) is 11.9 Å². The lowest BCUT2D eigenvalue weighted by atomic mass is 9.57. The van der Waals surface area contributed by atoms with Gasteiger partial charge in [-0.05, 0) is 48.8 Å². The maximum atomic E-state index is 11.5. The zero-order chi connectivity index (χ0) is 18.2. The Kier molecular flexibility index (Phi) is 4.92. The summed E-state index contributed by atoms with van der Waals surface area (Å²) in [5, 5.41) is 11.0. The van der Waals surface area contributed by atoms with Gasteiger partial charge in [-0.15, -0.1) is 6.58 Å². The van der Waals surface area contributed by atoms with Gasteiger partial charge in [-0.25, -0.2) is 0 Å². The highest BCUT2D eigenvalue weighted by Crippen LogP contribution is 2.59. The molecule has 4 nitrogen and oxygen atoms in total. The smallest absolute Gasteiger partial charge is 0.302 e. The molecule has 0 bridgehead atoms. The maximum absolute atomic E-state index is 11.5. The number of rotatable bonds is 4. The number of aliphatic hydroxyl groups excluding tert-OH is 1. The summed E-state index contributed by atoms with van der Waals surface area (Å²) in [6, 6.07) is 7.94. The number of fused-ring (bicyclic) bond motifs is 1. The van der Waals surface area contributed by atoms with Gasteiger partial charge in [0.25, 0.3) is 0 Å². The Hall–Kier alpha value is -1.81. The van der Waals surface area contributed by atoms with Crippen LogP contribution >= 0.6 is 0 Å². The summed E-state index contributed by atoms with van der Waals surface area (Å²) >= 11 is 0. The normalized spacial score (nSPS) is 37.2. The van der Waals surface area contributed by atoms with Crippen molar-refractivity contribution in [2.24, 2.45) is 17.3 Å². The van der Waals surface area contributed by atoms with Crippen LogP contribution in [0.5, 0.6) is 5.75 Å². The number of methoxy groups -OCH3 is 1. The summed E-state index contributed by atoms with van der Waals surface area (Å²) in [6.07, 6.45) is 3.85. The van der Waals surface area contributed by atoms with Crippen LogP contribution in [0.25, 0.3) is 0 Å². The summed E-state index contributed by atoms with van der Waals surface area (Å²) in [5.74, 6) is 1.09. The summed E-state index contributed by atoms with van der Waals surface area (Å²) in [4.78, 5) is 11.5. The molecule has 2 fully saturated rings. The summed E-state index contributed by atoms with van der Waals surface area (Å²) < 4.78 is 10.8. The predicted octanol–water partition coefficient (Wildman–Crippen LogP) is 3.69. The highest BCUT2D eigenvalue weighted by molar-refractivity contribution is 5.66. The van der Waals surface area contributed by atoms with Crippen LogP contribution in [0.15, 0.2) is 36.9 Å². The van der Waals surface area contributed by atoms with E-state index in [0.29, 0.717) is 12.3 Å². The van der Waals surface area contributed by atoms with Crippen LogP contribution in [0.2, 0.25) is 0 Å². The molecule has 2 saturated carbocycles. The lowest BCUT2D eigenvalue weighted by molar-refractivity contribution is -0.157. The van der Waals surface area contributed by atoms with Crippen LogP contribution in [0, 0.1) is 17.3 Å². The van der Waals surface area contributed by atoms with Crippen molar-refractivity contribution in [1.82, 2.24) is 0 Å². The van der Waals surface area contributed by atoms with Gasteiger partial charge in [0.2, 0.25) is 0 Å². The van der Waals surface area contributed by atoms with E-state index >= 15 is 0 Å². The largest absolute Gasteiger partial charge is 0.497 e. The van der Waals surface area contributed by atoms with E-state index in [0.717, 1.165) is 24.2 Å². The van der Waals surface area contributed by atoms with Gasteiger partial charge in [0.05, 0.1) is 13.2 Å². The van der Waals surface area contributed by atoms with Crippen LogP contribution in [-0.2, 0) is 9.53 Å². The van der Waals surface area contributed by atoms with Crippen molar-refractivity contribution in [3.05, 3.63) is 42.5 Å². The third kappa shape index (κ3) is 3.08. The Morgan fingerprint density at radius 2 is 2.00 bits per heavy atom. The fourth-order valence-electron chi connectivity index (χ4n) is 5.20. The number of allylic oxidation sites excluding steroid dienone is 1. The van der Waals surface area contributed by atoms with Crippen molar-refractivity contribution in [3.63, 3.8) is 0 Å². The van der Waals surface area contributed by atoms with E-state index in [1.807, 2.05) is 30.3 Å². The van der Waals surface area contributed by atoms with Crippen molar-refractivity contribution in [3.8, 4) is 5.75 Å². The molecule has 1 aromatic carbocycles. The molecule has 0 aliphatic heterocycles. The molecule has 3 rings (SSSR count). The highest BCUT2D eigenvalue weighted by Gasteiger charge is 2.57. The van der Waals surface area contributed by atoms with Crippen LogP contribution in [-0.4, -0.2) is 30.4 Å². The Morgan fingerprint density at radius 1 is 1.32 bits per heavy atom. The number of ether oxygens (including phenoxy) is 2. The van der Waals surface area contributed by atoms with Crippen LogP contribution < -0.4 is 4.74 Å². The molecule has 1 aromatic rings. The first-order valence-electron chi connectivity index (χ1n) is 9.02. The second-order valence-corrected chi connectivity index (χ2v) is 7.67. The van der Waals surface area contributed by atoms with Gasteiger partial charge < -0.3 is 14.6 Å². The number of carbonyl (C=O) groups is 1. The Morgan fingerprint density at radius 3 is 2.56 bits per heavy atom. The lowest BCUT2D eigenvalue weighted by Gasteiger charge is -2.49. The van der Waals surface area contributed by atoms with E-state index < -0.39 is 6.10 Å². The first-order chi connectivity index (χ1) is 11.9. The van der Waals surface area contributed by atoms with E-state index in [1.54, 1.807) is 7.11 Å². The fraction of sp³-hybridized carbons (Fsp3) is 0.571. The summed E-state index contributed by atoms with van der Waals surface area (Å²) in [5.41, 5.74) is 0.906. The van der Waals surface area contributed by atoms with Crippen molar-refractivity contribution < 1.29 is 19.4 Å². The second-order valence-electron chi connectivity index (χ2n) is 7.67. The third-order valence-corrected chi connectivity index (χ3v) is 6.35. The molecule has 1 N–H and O–H groups in total. The minimum Gasteiger partial charge on any atom is -0.497 e. The third-order valence-electron chi connectivity index (χ3n) is 6.35. The monoisotopic (exact) mass is 344 g/mol. The quantitative estimate of drug-likeness (QED) is 0.668. The van der Waals surface area contributed by atoms with Gasteiger partial charge >= 0.3 is 5.97 Å². The van der Waals surface area contributed by atoms with E-state index in [4.69, 9.17) is 9.47 Å². The van der Waals surface area contributed by atoms with Gasteiger partial charge in [-0.1, -0.05) is 25.1 Å². The zero-order valence-corrected chi connectivity index (χ0v) is 15.3. The van der Waals surface area contributed by atoms with Gasteiger partial charge in [0, 0.05) is 18.3 Å². The number of hydrogen-bond donors (Lipinski definition) is 1. The average Bonchev–Trinajstić information content (AvgIpc) is 2.89. The molecular formula is C21H28O4. The molecule has 2 aliphatic carbocycles. The van der Waals surface area contributed by atoms with Gasteiger partial charge in [-0.3, -0.25) is 4.79 Å². The standard InChI is InChI=1S/C21H28O4/c1-5-16-17-10-11-19(25-13(2)22)21(17,3)12-18(23)20(16)14-6-8-15(24-4)9-7-14/h5-9,16-20,23H,1,10-12H2,2-4H3/t16-,17-,18-,19-,20+,21-/m0/s1. The Bertz CT molecular complexity index is 638. The predicted molar refractivity (Wildman–Crippen MR) is 96.4 cm³/mol. The van der Waals surface area contributed by atoms with Crippen molar-refractivity contribution >= 4 is 5.97 Å². The first-order valence-corrected chi connectivity index (χ1v) is 9.02. The summed E-state index contributed by atoms with van der Waals surface area (Å²) in [6.45, 7) is 7.68. The van der Waals surface area contributed by atoms with Crippen molar-refractivity contribution in [2.45, 2.75) is 51.2 Å². The lowest BCUT2D eigenvalue weighted by Crippen LogP contribution is -2.49. The molecule has 0 aromatic heterocycles. The number of carbonyl (C=O) groups excluding carboxylic acids is 1. The molecule has 0 heterocycles. The van der Waals surface area contributed by atoms with E-state index in [2.05, 4.69) is 13.5 Å². The molecule has 0 unspecified atom stereocenters. The topological polar surface area (TPSA) is 55.8 Å². The minimum absolute atomic E-state index is 0.0116. The van der Waals surface area contributed by atoms with Gasteiger partial charge in [0.15, 0.2) is 0 Å². The minimum atomic E-state index is -0.492. The van der Waals surface area contributed by atoms with Crippen LogP contribution in [0.1, 0.15) is 44.6 Å². The van der Waals surface area contributed by atoms with E-state index in [-0.39, 0.29) is 29.3 Å². The van der Waals surface area contributed by atoms with Crippen molar-refractivity contribution in [2.75, 3.05) is 7.11 Å². The maximum Gasteiger partial charge on any atom is 0.302 e. The molecule has 6 atom stereocenters. The van der Waals surface area contributed by atoms with Gasteiger partial charge in [-0.2, -0.15) is 0 Å². The molecule has 0 spiro atoms. The average molecular weight is 344 g/mol. The molecule has 4 heteroatoms. The molecule has 2 aliphatic rings. The number of benzene rings is 1. The molecule has 0 saturated heterocycles.